The van der Waals surface area contributed by atoms with E-state index in [1.54, 1.807) is 25.3 Å². The van der Waals surface area contributed by atoms with Gasteiger partial charge in [0.15, 0.2) is 11.5 Å². The molecule has 5 nitrogen and oxygen atoms in total. The maximum Gasteiger partial charge on any atom is 0.358 e. The number of carbonyl (C=O) groups is 1. The number of esters is 1. The van der Waals surface area contributed by atoms with Crippen molar-refractivity contribution in [1.29, 1.82) is 0 Å². The quantitative estimate of drug-likeness (QED) is 0.643. The molecule has 0 aliphatic rings. The molecule has 0 atom stereocenters. The standard InChI is InChI=1S/C11H10BrN3O2/c1-2-17-11(16)8-6-7-15(14-8)10-5-3-4-9(12)13-10/h3-7H,2H2,1H3. The molecule has 2 rings (SSSR count). The van der Waals surface area contributed by atoms with E-state index in [1.807, 2.05) is 12.1 Å². The van der Waals surface area contributed by atoms with E-state index in [4.69, 9.17) is 4.74 Å². The summed E-state index contributed by atoms with van der Waals surface area (Å²) in [5.41, 5.74) is 0.272. The van der Waals surface area contributed by atoms with E-state index in [0.717, 1.165) is 0 Å². The van der Waals surface area contributed by atoms with Gasteiger partial charge in [-0.15, -0.1) is 0 Å². The van der Waals surface area contributed by atoms with Crippen LogP contribution in [0.4, 0.5) is 0 Å². The fourth-order valence-electron chi connectivity index (χ4n) is 1.29. The Kier molecular flexibility index (Phi) is 3.53. The SMILES string of the molecule is CCOC(=O)c1ccn(-c2cccc(Br)n2)n1. The number of aromatic nitrogens is 3. The summed E-state index contributed by atoms with van der Waals surface area (Å²) in [6.45, 7) is 2.09. The van der Waals surface area contributed by atoms with Crippen LogP contribution in [0.25, 0.3) is 5.82 Å². The van der Waals surface area contributed by atoms with Crippen LogP contribution in [-0.2, 0) is 4.74 Å². The van der Waals surface area contributed by atoms with Crippen LogP contribution in [0.15, 0.2) is 35.1 Å². The number of carbonyl (C=O) groups excluding carboxylic acids is 1. The third-order valence-corrected chi connectivity index (χ3v) is 2.45. The van der Waals surface area contributed by atoms with Crippen LogP contribution in [0.3, 0.4) is 0 Å². The van der Waals surface area contributed by atoms with Gasteiger partial charge >= 0.3 is 5.97 Å². The van der Waals surface area contributed by atoms with E-state index in [0.29, 0.717) is 17.0 Å². The van der Waals surface area contributed by atoms with Gasteiger partial charge in [-0.05, 0) is 41.1 Å². The Hall–Kier alpha value is -1.69. The average molecular weight is 296 g/mol. The summed E-state index contributed by atoms with van der Waals surface area (Å²) in [6.07, 6.45) is 1.67. The Morgan fingerprint density at radius 3 is 3.00 bits per heavy atom. The van der Waals surface area contributed by atoms with Crippen molar-refractivity contribution in [2.45, 2.75) is 6.92 Å². The van der Waals surface area contributed by atoms with E-state index in [2.05, 4.69) is 26.0 Å². The molecule has 2 heterocycles. The van der Waals surface area contributed by atoms with Crippen LogP contribution in [-0.4, -0.2) is 27.3 Å². The molecule has 17 heavy (non-hydrogen) atoms. The molecule has 0 saturated heterocycles. The summed E-state index contributed by atoms with van der Waals surface area (Å²) in [7, 11) is 0. The largest absolute Gasteiger partial charge is 0.461 e. The molecule has 6 heteroatoms. The van der Waals surface area contributed by atoms with Gasteiger partial charge in [0.25, 0.3) is 0 Å². The minimum Gasteiger partial charge on any atom is -0.461 e. The zero-order chi connectivity index (χ0) is 12.3. The van der Waals surface area contributed by atoms with E-state index < -0.39 is 5.97 Å². The highest BCUT2D eigenvalue weighted by atomic mass is 79.9. The predicted octanol–water partition coefficient (Wildman–Crippen LogP) is 2.21. The molecule has 88 valence electrons. The number of pyridine rings is 1. The second-order valence-corrected chi connectivity index (χ2v) is 4.00. The van der Waals surface area contributed by atoms with E-state index in [9.17, 15) is 4.79 Å². The van der Waals surface area contributed by atoms with Crippen molar-refractivity contribution in [2.24, 2.45) is 0 Å². The van der Waals surface area contributed by atoms with Crippen molar-refractivity contribution in [2.75, 3.05) is 6.61 Å². The number of halogens is 1. The van der Waals surface area contributed by atoms with Crippen LogP contribution in [0.1, 0.15) is 17.4 Å². The first-order chi connectivity index (χ1) is 8.20. The molecule has 0 aliphatic carbocycles. The molecule has 2 aromatic heterocycles. The fourth-order valence-corrected chi connectivity index (χ4v) is 1.62. The molecule has 0 amide bonds. The van der Waals surface area contributed by atoms with Crippen LogP contribution < -0.4 is 0 Å². The number of hydrogen-bond acceptors (Lipinski definition) is 4. The van der Waals surface area contributed by atoms with Crippen LogP contribution in [0, 0.1) is 0 Å². The molecule has 0 spiro atoms. The van der Waals surface area contributed by atoms with Gasteiger partial charge in [-0.1, -0.05) is 6.07 Å². The molecule has 0 unspecified atom stereocenters. The Morgan fingerprint density at radius 2 is 2.29 bits per heavy atom. The normalized spacial score (nSPS) is 10.2. The Balaban J connectivity index is 2.27. The summed E-state index contributed by atoms with van der Waals surface area (Å²) in [5.74, 6) is 0.205. The highest BCUT2D eigenvalue weighted by Gasteiger charge is 2.11. The first kappa shape index (κ1) is 11.8. The van der Waals surface area contributed by atoms with Gasteiger partial charge in [0, 0.05) is 6.20 Å². The zero-order valence-corrected chi connectivity index (χ0v) is 10.7. The lowest BCUT2D eigenvalue weighted by Gasteiger charge is -2.00. The third kappa shape index (κ3) is 2.71. The van der Waals surface area contributed by atoms with Gasteiger partial charge in [-0.25, -0.2) is 14.5 Å². The molecule has 2 aromatic rings. The van der Waals surface area contributed by atoms with Gasteiger partial charge in [-0.2, -0.15) is 5.10 Å². The second kappa shape index (κ2) is 5.09. The third-order valence-electron chi connectivity index (χ3n) is 2.01. The van der Waals surface area contributed by atoms with Crippen LogP contribution in [0.2, 0.25) is 0 Å². The summed E-state index contributed by atoms with van der Waals surface area (Å²) < 4.78 is 7.09. The number of hydrogen-bond donors (Lipinski definition) is 0. The fraction of sp³-hybridized carbons (Fsp3) is 0.182. The molecule has 0 N–H and O–H groups in total. The van der Waals surface area contributed by atoms with Crippen molar-refractivity contribution >= 4 is 21.9 Å². The maximum absolute atomic E-state index is 11.4. The number of ether oxygens (including phenoxy) is 1. The first-order valence-corrected chi connectivity index (χ1v) is 5.85. The Morgan fingerprint density at radius 1 is 1.47 bits per heavy atom. The summed E-state index contributed by atoms with van der Waals surface area (Å²) in [5, 5.41) is 4.10. The highest BCUT2D eigenvalue weighted by Crippen LogP contribution is 2.10. The van der Waals surface area contributed by atoms with Gasteiger partial charge in [0.1, 0.15) is 4.60 Å². The molecular formula is C11H10BrN3O2. The van der Waals surface area contributed by atoms with Crippen molar-refractivity contribution in [3.63, 3.8) is 0 Å². The molecule has 0 radical (unpaired) electrons. The van der Waals surface area contributed by atoms with Crippen molar-refractivity contribution in [1.82, 2.24) is 14.8 Å². The van der Waals surface area contributed by atoms with Gasteiger partial charge in [0.05, 0.1) is 6.61 Å². The van der Waals surface area contributed by atoms with Crippen LogP contribution in [0.5, 0.6) is 0 Å². The average Bonchev–Trinajstić information content (AvgIpc) is 2.78. The zero-order valence-electron chi connectivity index (χ0n) is 9.13. The highest BCUT2D eigenvalue weighted by molar-refractivity contribution is 9.10. The minimum absolute atomic E-state index is 0.272. The lowest BCUT2D eigenvalue weighted by molar-refractivity contribution is 0.0519. The Bertz CT molecular complexity index is 539. The van der Waals surface area contributed by atoms with E-state index in [1.165, 1.54) is 4.68 Å². The van der Waals surface area contributed by atoms with E-state index in [-0.39, 0.29) is 5.69 Å². The van der Waals surface area contributed by atoms with Crippen LogP contribution >= 0.6 is 15.9 Å². The topological polar surface area (TPSA) is 57.0 Å². The summed E-state index contributed by atoms with van der Waals surface area (Å²) in [4.78, 5) is 15.7. The second-order valence-electron chi connectivity index (χ2n) is 3.18. The lowest BCUT2D eigenvalue weighted by Crippen LogP contribution is -2.07. The molecule has 0 aromatic carbocycles. The van der Waals surface area contributed by atoms with E-state index >= 15 is 0 Å². The first-order valence-electron chi connectivity index (χ1n) is 5.06. The maximum atomic E-state index is 11.4. The number of nitrogens with zero attached hydrogens (tertiary/aromatic N) is 3. The molecule has 0 aliphatic heterocycles. The minimum atomic E-state index is -0.429. The van der Waals surface area contributed by atoms with Crippen molar-refractivity contribution in [3.8, 4) is 5.82 Å². The Labute approximate surface area is 107 Å². The molecule has 0 bridgehead atoms. The van der Waals surface area contributed by atoms with Gasteiger partial charge in [0.2, 0.25) is 0 Å². The molecule has 0 fully saturated rings. The monoisotopic (exact) mass is 295 g/mol. The lowest BCUT2D eigenvalue weighted by atomic mass is 10.4. The number of rotatable bonds is 3. The van der Waals surface area contributed by atoms with Gasteiger partial charge in [-0.3, -0.25) is 0 Å². The molecule has 0 saturated carbocycles. The van der Waals surface area contributed by atoms with Crippen molar-refractivity contribution in [3.05, 3.63) is 40.8 Å². The summed E-state index contributed by atoms with van der Waals surface area (Å²) >= 11 is 3.28. The smallest absolute Gasteiger partial charge is 0.358 e. The predicted molar refractivity (Wildman–Crippen MR) is 65.0 cm³/mol. The van der Waals surface area contributed by atoms with Crippen molar-refractivity contribution < 1.29 is 9.53 Å². The molecular weight excluding hydrogens is 286 g/mol. The van der Waals surface area contributed by atoms with Gasteiger partial charge < -0.3 is 4.74 Å². The summed E-state index contributed by atoms with van der Waals surface area (Å²) in [6, 6.07) is 7.06.